The van der Waals surface area contributed by atoms with Crippen LogP contribution in [0, 0.1) is 6.92 Å². The Hall–Kier alpha value is -1.59. The minimum absolute atomic E-state index is 0.0525. The SMILES string of the molecule is COCCCNC(=O)COc1ccc(C)cc1CO. The van der Waals surface area contributed by atoms with E-state index < -0.39 is 0 Å². The average molecular weight is 267 g/mol. The maximum Gasteiger partial charge on any atom is 0.257 e. The molecule has 0 aromatic heterocycles. The molecule has 2 N–H and O–H groups in total. The highest BCUT2D eigenvalue weighted by molar-refractivity contribution is 5.77. The molecule has 0 saturated carbocycles. The molecule has 0 aliphatic heterocycles. The fourth-order valence-corrected chi connectivity index (χ4v) is 1.61. The average Bonchev–Trinajstić information content (AvgIpc) is 2.42. The van der Waals surface area contributed by atoms with Crippen LogP contribution in [0.25, 0.3) is 0 Å². The Bertz CT molecular complexity index is 406. The van der Waals surface area contributed by atoms with Crippen molar-refractivity contribution in [2.45, 2.75) is 20.0 Å². The van der Waals surface area contributed by atoms with E-state index in [1.54, 1.807) is 13.2 Å². The number of amides is 1. The number of benzene rings is 1. The molecule has 106 valence electrons. The zero-order chi connectivity index (χ0) is 14.1. The van der Waals surface area contributed by atoms with Crippen molar-refractivity contribution in [3.8, 4) is 5.75 Å². The van der Waals surface area contributed by atoms with Crippen LogP contribution >= 0.6 is 0 Å². The molecule has 1 rings (SSSR count). The van der Waals surface area contributed by atoms with Crippen LogP contribution in [-0.4, -0.2) is 37.9 Å². The van der Waals surface area contributed by atoms with Crippen molar-refractivity contribution < 1.29 is 19.4 Å². The number of hydrogen-bond donors (Lipinski definition) is 2. The molecule has 19 heavy (non-hydrogen) atoms. The predicted molar refractivity (Wildman–Crippen MR) is 72.1 cm³/mol. The molecule has 0 atom stereocenters. The third-order valence-electron chi connectivity index (χ3n) is 2.59. The molecule has 1 aromatic rings. The Morgan fingerprint density at radius 3 is 2.89 bits per heavy atom. The lowest BCUT2D eigenvalue weighted by molar-refractivity contribution is -0.123. The molecule has 5 nitrogen and oxygen atoms in total. The van der Waals surface area contributed by atoms with Crippen molar-refractivity contribution >= 4 is 5.91 Å². The Kier molecular flexibility index (Phi) is 6.92. The predicted octanol–water partition coefficient (Wildman–Crippen LogP) is 1.02. The fourth-order valence-electron chi connectivity index (χ4n) is 1.61. The van der Waals surface area contributed by atoms with E-state index in [1.807, 2.05) is 19.1 Å². The molecule has 0 aliphatic rings. The molecular formula is C14H21NO4. The van der Waals surface area contributed by atoms with Crippen molar-refractivity contribution in [1.29, 1.82) is 0 Å². The molecule has 0 spiro atoms. The maximum absolute atomic E-state index is 11.5. The molecule has 0 fully saturated rings. The third kappa shape index (κ3) is 5.72. The van der Waals surface area contributed by atoms with Crippen molar-refractivity contribution in [3.63, 3.8) is 0 Å². The second-order valence-electron chi connectivity index (χ2n) is 4.25. The topological polar surface area (TPSA) is 67.8 Å². The first-order chi connectivity index (χ1) is 9.17. The zero-order valence-corrected chi connectivity index (χ0v) is 11.4. The van der Waals surface area contributed by atoms with Gasteiger partial charge in [-0.1, -0.05) is 17.7 Å². The van der Waals surface area contributed by atoms with Crippen LogP contribution in [0.4, 0.5) is 0 Å². The zero-order valence-electron chi connectivity index (χ0n) is 11.4. The van der Waals surface area contributed by atoms with E-state index in [4.69, 9.17) is 9.47 Å². The highest BCUT2D eigenvalue weighted by Gasteiger charge is 2.06. The van der Waals surface area contributed by atoms with Gasteiger partial charge in [-0.2, -0.15) is 0 Å². The van der Waals surface area contributed by atoms with Gasteiger partial charge in [-0.25, -0.2) is 0 Å². The Labute approximate surface area is 113 Å². The second-order valence-corrected chi connectivity index (χ2v) is 4.25. The number of carbonyl (C=O) groups is 1. The van der Waals surface area contributed by atoms with Crippen LogP contribution in [0.15, 0.2) is 18.2 Å². The number of ether oxygens (including phenoxy) is 2. The van der Waals surface area contributed by atoms with Crippen LogP contribution in [0.3, 0.4) is 0 Å². The Balaban J connectivity index is 2.37. The number of hydrogen-bond acceptors (Lipinski definition) is 4. The summed E-state index contributed by atoms with van der Waals surface area (Å²) in [5.74, 6) is 0.362. The van der Waals surface area contributed by atoms with E-state index >= 15 is 0 Å². The first-order valence-corrected chi connectivity index (χ1v) is 6.26. The lowest BCUT2D eigenvalue weighted by Crippen LogP contribution is -2.30. The minimum Gasteiger partial charge on any atom is -0.483 e. The number of aliphatic hydroxyl groups excluding tert-OH is 1. The van der Waals surface area contributed by atoms with Crippen molar-refractivity contribution in [2.24, 2.45) is 0 Å². The summed E-state index contributed by atoms with van der Waals surface area (Å²) in [6.07, 6.45) is 0.772. The summed E-state index contributed by atoms with van der Waals surface area (Å²) in [4.78, 5) is 11.5. The molecule has 5 heteroatoms. The van der Waals surface area contributed by atoms with Gasteiger partial charge in [0.25, 0.3) is 5.91 Å². The number of carbonyl (C=O) groups excluding carboxylic acids is 1. The number of aliphatic hydroxyl groups is 1. The summed E-state index contributed by atoms with van der Waals surface area (Å²) < 4.78 is 10.3. The lowest BCUT2D eigenvalue weighted by atomic mass is 10.1. The van der Waals surface area contributed by atoms with E-state index in [0.717, 1.165) is 12.0 Å². The second kappa shape index (κ2) is 8.50. The minimum atomic E-state index is -0.180. The molecule has 0 heterocycles. The molecule has 1 aromatic carbocycles. The van der Waals surface area contributed by atoms with E-state index in [1.165, 1.54) is 0 Å². The summed E-state index contributed by atoms with van der Waals surface area (Å²) in [5, 5.41) is 11.9. The Morgan fingerprint density at radius 2 is 2.21 bits per heavy atom. The van der Waals surface area contributed by atoms with Gasteiger partial charge in [0.05, 0.1) is 6.61 Å². The molecule has 0 unspecified atom stereocenters. The summed E-state index contributed by atoms with van der Waals surface area (Å²) >= 11 is 0. The number of nitrogens with one attached hydrogen (secondary N) is 1. The monoisotopic (exact) mass is 267 g/mol. The highest BCUT2D eigenvalue weighted by Crippen LogP contribution is 2.19. The van der Waals surface area contributed by atoms with Crippen LogP contribution < -0.4 is 10.1 Å². The lowest BCUT2D eigenvalue weighted by Gasteiger charge is -2.11. The molecule has 0 saturated heterocycles. The normalized spacial score (nSPS) is 10.3. The van der Waals surface area contributed by atoms with Crippen LogP contribution in [0.1, 0.15) is 17.5 Å². The van der Waals surface area contributed by atoms with E-state index in [0.29, 0.717) is 24.5 Å². The quantitative estimate of drug-likeness (QED) is 0.690. The third-order valence-corrected chi connectivity index (χ3v) is 2.59. The van der Waals surface area contributed by atoms with Gasteiger partial charge in [-0.3, -0.25) is 4.79 Å². The van der Waals surface area contributed by atoms with Gasteiger partial charge in [-0.05, 0) is 19.4 Å². The van der Waals surface area contributed by atoms with E-state index in [9.17, 15) is 9.90 Å². The summed E-state index contributed by atoms with van der Waals surface area (Å²) in [5.41, 5.74) is 1.73. The molecule has 1 amide bonds. The number of aryl methyl sites for hydroxylation is 1. The molecule has 0 aliphatic carbocycles. The van der Waals surface area contributed by atoms with E-state index in [-0.39, 0.29) is 19.1 Å². The standard InChI is InChI=1S/C14H21NO4/c1-11-4-5-13(12(8-11)9-16)19-10-14(17)15-6-3-7-18-2/h4-5,8,16H,3,6-7,9-10H2,1-2H3,(H,15,17). The number of methoxy groups -OCH3 is 1. The van der Waals surface area contributed by atoms with Crippen molar-refractivity contribution in [3.05, 3.63) is 29.3 Å². The smallest absolute Gasteiger partial charge is 0.257 e. The van der Waals surface area contributed by atoms with E-state index in [2.05, 4.69) is 5.32 Å². The van der Waals surface area contributed by atoms with Crippen LogP contribution in [0.2, 0.25) is 0 Å². The largest absolute Gasteiger partial charge is 0.483 e. The highest BCUT2D eigenvalue weighted by atomic mass is 16.5. The fraction of sp³-hybridized carbons (Fsp3) is 0.500. The molecular weight excluding hydrogens is 246 g/mol. The van der Waals surface area contributed by atoms with Gasteiger partial charge in [0, 0.05) is 25.8 Å². The number of rotatable bonds is 8. The first kappa shape index (κ1) is 15.5. The van der Waals surface area contributed by atoms with Crippen molar-refractivity contribution in [2.75, 3.05) is 26.9 Å². The summed E-state index contributed by atoms with van der Waals surface area (Å²) in [6.45, 7) is 2.96. The van der Waals surface area contributed by atoms with Crippen LogP contribution in [0.5, 0.6) is 5.75 Å². The molecule has 0 radical (unpaired) electrons. The first-order valence-electron chi connectivity index (χ1n) is 6.26. The van der Waals surface area contributed by atoms with Gasteiger partial charge >= 0.3 is 0 Å². The van der Waals surface area contributed by atoms with Crippen molar-refractivity contribution in [1.82, 2.24) is 5.32 Å². The summed E-state index contributed by atoms with van der Waals surface area (Å²) in [6, 6.07) is 5.48. The Morgan fingerprint density at radius 1 is 1.42 bits per heavy atom. The van der Waals surface area contributed by atoms with Gasteiger partial charge < -0.3 is 19.9 Å². The van der Waals surface area contributed by atoms with Crippen LogP contribution in [-0.2, 0) is 16.1 Å². The van der Waals surface area contributed by atoms with Gasteiger partial charge in [0.1, 0.15) is 5.75 Å². The molecule has 0 bridgehead atoms. The van der Waals surface area contributed by atoms with Gasteiger partial charge in [0.2, 0.25) is 0 Å². The summed E-state index contributed by atoms with van der Waals surface area (Å²) in [7, 11) is 1.62. The van der Waals surface area contributed by atoms with Gasteiger partial charge in [0.15, 0.2) is 6.61 Å². The van der Waals surface area contributed by atoms with Gasteiger partial charge in [-0.15, -0.1) is 0 Å². The maximum atomic E-state index is 11.5.